The van der Waals surface area contributed by atoms with Gasteiger partial charge in [-0.25, -0.2) is 4.68 Å². The van der Waals surface area contributed by atoms with Crippen molar-refractivity contribution in [1.29, 1.82) is 0 Å². The number of aryl methyl sites for hydroxylation is 1. The van der Waals surface area contributed by atoms with Gasteiger partial charge in [0.15, 0.2) is 5.69 Å². The summed E-state index contributed by atoms with van der Waals surface area (Å²) in [5.41, 5.74) is 2.74. The molecule has 7 nitrogen and oxygen atoms in total. The second kappa shape index (κ2) is 10.0. The minimum absolute atomic E-state index is 0.0625. The smallest absolute Gasteiger partial charge is 0.274 e. The third-order valence-electron chi connectivity index (χ3n) is 7.37. The minimum Gasteiger partial charge on any atom is -0.338 e. The van der Waals surface area contributed by atoms with Gasteiger partial charge in [-0.05, 0) is 42.9 Å². The summed E-state index contributed by atoms with van der Waals surface area (Å²) in [6.07, 6.45) is 3.96. The predicted octanol–water partition coefficient (Wildman–Crippen LogP) is 3.63. The summed E-state index contributed by atoms with van der Waals surface area (Å²) in [7, 11) is 0. The minimum atomic E-state index is -0.163. The van der Waals surface area contributed by atoms with Crippen molar-refractivity contribution in [3.63, 3.8) is 0 Å². The molecule has 7 heteroatoms. The summed E-state index contributed by atoms with van der Waals surface area (Å²) in [6, 6.07) is 15.5. The zero-order valence-corrected chi connectivity index (χ0v) is 20.3. The molecule has 1 saturated heterocycles. The first-order valence-corrected chi connectivity index (χ1v) is 12.7. The van der Waals surface area contributed by atoms with E-state index in [0.717, 1.165) is 25.8 Å². The Morgan fingerprint density at radius 2 is 1.60 bits per heavy atom. The molecular formula is C28H32N4O3. The van der Waals surface area contributed by atoms with Gasteiger partial charge in [0.1, 0.15) is 0 Å². The first kappa shape index (κ1) is 23.3. The number of fused-ring (bicyclic) bond motifs is 2. The predicted molar refractivity (Wildman–Crippen MR) is 135 cm³/mol. The van der Waals surface area contributed by atoms with Crippen molar-refractivity contribution in [2.24, 2.45) is 5.92 Å². The number of nitrogens with zero attached hydrogens (tertiary/aromatic N) is 4. The summed E-state index contributed by atoms with van der Waals surface area (Å²) in [5, 5.41) is 5.62. The van der Waals surface area contributed by atoms with Crippen LogP contribution in [0.1, 0.15) is 54.2 Å². The van der Waals surface area contributed by atoms with Crippen LogP contribution >= 0.6 is 0 Å². The van der Waals surface area contributed by atoms with Crippen LogP contribution < -0.4 is 5.56 Å². The fourth-order valence-electron chi connectivity index (χ4n) is 5.27. The average molecular weight is 473 g/mol. The number of hydrogen-bond donors (Lipinski definition) is 0. The molecule has 2 aliphatic rings. The molecule has 2 amide bonds. The van der Waals surface area contributed by atoms with Crippen LogP contribution in [-0.4, -0.2) is 51.0 Å². The normalized spacial score (nSPS) is 16.4. The molecule has 0 unspecified atom stereocenters. The summed E-state index contributed by atoms with van der Waals surface area (Å²) in [5.74, 6) is -0.0277. The SMILES string of the molecule is CCCCn1nc(C(=O)N2CCC(C(=O)N3CCc4ccccc4C3)CC2)c2ccccc2c1=O. The second-order valence-corrected chi connectivity index (χ2v) is 9.62. The van der Waals surface area contributed by atoms with E-state index >= 15 is 0 Å². The second-order valence-electron chi connectivity index (χ2n) is 9.62. The highest BCUT2D eigenvalue weighted by Gasteiger charge is 2.33. The molecule has 0 N–H and O–H groups in total. The molecule has 0 atom stereocenters. The number of hydrogen-bond acceptors (Lipinski definition) is 4. The maximum absolute atomic E-state index is 13.5. The Morgan fingerprint density at radius 1 is 0.914 bits per heavy atom. The van der Waals surface area contributed by atoms with Gasteiger partial charge in [-0.3, -0.25) is 14.4 Å². The Labute approximate surface area is 205 Å². The van der Waals surface area contributed by atoms with Crippen LogP contribution in [0, 0.1) is 5.92 Å². The van der Waals surface area contributed by atoms with Crippen LogP contribution in [0.5, 0.6) is 0 Å². The topological polar surface area (TPSA) is 75.5 Å². The monoisotopic (exact) mass is 472 g/mol. The van der Waals surface area contributed by atoms with Gasteiger partial charge in [0.05, 0.1) is 5.39 Å². The number of carbonyl (C=O) groups excluding carboxylic acids is 2. The summed E-state index contributed by atoms with van der Waals surface area (Å²) in [6.45, 7) is 5.02. The quantitative estimate of drug-likeness (QED) is 0.568. The van der Waals surface area contributed by atoms with E-state index in [1.807, 2.05) is 23.1 Å². The van der Waals surface area contributed by atoms with Gasteiger partial charge >= 0.3 is 0 Å². The Balaban J connectivity index is 1.29. The molecule has 3 aromatic rings. The molecular weight excluding hydrogens is 440 g/mol. The van der Waals surface area contributed by atoms with Crippen LogP contribution in [0.3, 0.4) is 0 Å². The molecule has 5 rings (SSSR count). The van der Waals surface area contributed by atoms with Crippen LogP contribution in [0.4, 0.5) is 0 Å². The fourth-order valence-corrected chi connectivity index (χ4v) is 5.27. The van der Waals surface area contributed by atoms with E-state index in [4.69, 9.17) is 0 Å². The van der Waals surface area contributed by atoms with Gasteiger partial charge in [0, 0.05) is 44.0 Å². The maximum atomic E-state index is 13.5. The molecule has 0 aliphatic carbocycles. The van der Waals surface area contributed by atoms with Crippen molar-refractivity contribution in [3.8, 4) is 0 Å². The van der Waals surface area contributed by atoms with Crippen molar-refractivity contribution in [1.82, 2.24) is 19.6 Å². The molecule has 0 spiro atoms. The number of benzene rings is 2. The first-order chi connectivity index (χ1) is 17.1. The van der Waals surface area contributed by atoms with Crippen LogP contribution in [-0.2, 0) is 24.3 Å². The van der Waals surface area contributed by atoms with Gasteiger partial charge in [-0.2, -0.15) is 5.10 Å². The number of rotatable bonds is 5. The lowest BCUT2D eigenvalue weighted by molar-refractivity contribution is -0.137. The average Bonchev–Trinajstić information content (AvgIpc) is 2.92. The number of piperidine rings is 1. The number of amides is 2. The zero-order valence-electron chi connectivity index (χ0n) is 20.3. The molecule has 0 radical (unpaired) electrons. The number of likely N-dealkylation sites (tertiary alicyclic amines) is 1. The third kappa shape index (κ3) is 4.59. The number of carbonyl (C=O) groups is 2. The summed E-state index contributed by atoms with van der Waals surface area (Å²) < 4.78 is 1.43. The molecule has 0 saturated carbocycles. The highest BCUT2D eigenvalue weighted by molar-refractivity contribution is 6.04. The fraction of sp³-hybridized carbons (Fsp3) is 0.429. The van der Waals surface area contributed by atoms with Crippen molar-refractivity contribution < 1.29 is 9.59 Å². The molecule has 182 valence electrons. The van der Waals surface area contributed by atoms with Gasteiger partial charge in [0.25, 0.3) is 11.5 Å². The Morgan fingerprint density at radius 3 is 2.34 bits per heavy atom. The van der Waals surface area contributed by atoms with E-state index in [1.165, 1.54) is 15.8 Å². The Bertz CT molecular complexity index is 1310. The van der Waals surface area contributed by atoms with Gasteiger partial charge < -0.3 is 9.80 Å². The van der Waals surface area contributed by atoms with Crippen molar-refractivity contribution in [2.45, 2.75) is 52.1 Å². The van der Waals surface area contributed by atoms with Gasteiger partial charge in [-0.1, -0.05) is 55.8 Å². The Kier molecular flexibility index (Phi) is 6.66. The van der Waals surface area contributed by atoms with Crippen molar-refractivity contribution in [3.05, 3.63) is 75.7 Å². The molecule has 2 aromatic carbocycles. The van der Waals surface area contributed by atoms with Crippen LogP contribution in [0.2, 0.25) is 0 Å². The van der Waals surface area contributed by atoms with E-state index in [1.54, 1.807) is 17.0 Å². The van der Waals surface area contributed by atoms with E-state index in [2.05, 4.69) is 30.2 Å². The molecule has 3 heterocycles. The number of aromatic nitrogens is 2. The largest absolute Gasteiger partial charge is 0.338 e. The standard InChI is InChI=1S/C28H32N4O3/c1-2-3-15-32-27(34)24-11-7-6-10-23(24)25(29-32)28(35)30-16-13-21(14-17-30)26(33)31-18-12-20-8-4-5-9-22(20)19-31/h4-11,21H,2-3,12-19H2,1H3. The molecule has 35 heavy (non-hydrogen) atoms. The number of unbranched alkanes of at least 4 members (excludes halogenated alkanes) is 1. The van der Waals surface area contributed by atoms with E-state index in [-0.39, 0.29) is 23.3 Å². The lowest BCUT2D eigenvalue weighted by atomic mass is 9.92. The highest BCUT2D eigenvalue weighted by Crippen LogP contribution is 2.26. The molecule has 1 fully saturated rings. The van der Waals surface area contributed by atoms with Gasteiger partial charge in [0.2, 0.25) is 5.91 Å². The lowest BCUT2D eigenvalue weighted by Gasteiger charge is -2.36. The molecule has 2 aliphatic heterocycles. The zero-order chi connectivity index (χ0) is 24.4. The highest BCUT2D eigenvalue weighted by atomic mass is 16.2. The first-order valence-electron chi connectivity index (χ1n) is 12.7. The van der Waals surface area contributed by atoms with E-state index in [9.17, 15) is 14.4 Å². The van der Waals surface area contributed by atoms with Crippen molar-refractivity contribution >= 4 is 22.6 Å². The van der Waals surface area contributed by atoms with E-state index < -0.39 is 0 Å². The summed E-state index contributed by atoms with van der Waals surface area (Å²) >= 11 is 0. The third-order valence-corrected chi connectivity index (χ3v) is 7.37. The maximum Gasteiger partial charge on any atom is 0.274 e. The lowest BCUT2D eigenvalue weighted by Crippen LogP contribution is -2.46. The van der Waals surface area contributed by atoms with Crippen LogP contribution in [0.25, 0.3) is 10.8 Å². The van der Waals surface area contributed by atoms with Crippen LogP contribution in [0.15, 0.2) is 53.3 Å². The molecule has 0 bridgehead atoms. The molecule has 1 aromatic heterocycles. The van der Waals surface area contributed by atoms with Gasteiger partial charge in [-0.15, -0.1) is 0 Å². The summed E-state index contributed by atoms with van der Waals surface area (Å²) in [4.78, 5) is 43.4. The Hall–Kier alpha value is -3.48. The van der Waals surface area contributed by atoms with Crippen molar-refractivity contribution in [2.75, 3.05) is 19.6 Å². The van der Waals surface area contributed by atoms with E-state index in [0.29, 0.717) is 55.5 Å².